The number of esters is 1. The van der Waals surface area contributed by atoms with E-state index in [4.69, 9.17) is 4.74 Å². The maximum Gasteiger partial charge on any atom is 0.337 e. The van der Waals surface area contributed by atoms with Crippen molar-refractivity contribution in [2.75, 3.05) is 18.6 Å². The number of amides is 1. The van der Waals surface area contributed by atoms with Crippen LogP contribution in [-0.2, 0) is 11.2 Å². The number of anilines is 1. The second-order valence-corrected chi connectivity index (χ2v) is 6.74. The number of benzene rings is 3. The third-order valence-electron chi connectivity index (χ3n) is 5.14. The van der Waals surface area contributed by atoms with Crippen LogP contribution in [0.2, 0.25) is 0 Å². The molecule has 29 heavy (non-hydrogen) atoms. The van der Waals surface area contributed by atoms with Crippen molar-refractivity contribution in [3.05, 3.63) is 89.0 Å². The first-order valence-corrected chi connectivity index (χ1v) is 9.25. The van der Waals surface area contributed by atoms with Crippen LogP contribution in [0, 0.1) is 11.3 Å². The lowest BCUT2D eigenvalue weighted by molar-refractivity contribution is 0.0600. The third kappa shape index (κ3) is 3.26. The summed E-state index contributed by atoms with van der Waals surface area (Å²) in [6.45, 7) is 0.535. The Hall–Kier alpha value is -3.91. The summed E-state index contributed by atoms with van der Waals surface area (Å²) in [6.07, 6.45) is 0.670. The minimum absolute atomic E-state index is 0.127. The normalized spacial score (nSPS) is 12.2. The highest BCUT2D eigenvalue weighted by Crippen LogP contribution is 2.33. The van der Waals surface area contributed by atoms with E-state index < -0.39 is 5.97 Å². The highest BCUT2D eigenvalue weighted by Gasteiger charge is 2.28. The summed E-state index contributed by atoms with van der Waals surface area (Å²) < 4.78 is 4.78. The maximum absolute atomic E-state index is 13.4. The Labute approximate surface area is 168 Å². The van der Waals surface area contributed by atoms with Crippen molar-refractivity contribution in [1.82, 2.24) is 0 Å². The second-order valence-electron chi connectivity index (χ2n) is 6.74. The van der Waals surface area contributed by atoms with Crippen LogP contribution >= 0.6 is 0 Å². The number of rotatable bonds is 3. The fourth-order valence-corrected chi connectivity index (χ4v) is 3.72. The zero-order chi connectivity index (χ0) is 20.4. The average molecular weight is 382 g/mol. The van der Waals surface area contributed by atoms with Gasteiger partial charge in [0.05, 0.1) is 24.3 Å². The predicted molar refractivity (Wildman–Crippen MR) is 110 cm³/mol. The van der Waals surface area contributed by atoms with Crippen LogP contribution in [-0.4, -0.2) is 25.5 Å². The van der Waals surface area contributed by atoms with Crippen molar-refractivity contribution >= 4 is 17.6 Å². The van der Waals surface area contributed by atoms with Gasteiger partial charge in [0.2, 0.25) is 0 Å². The van der Waals surface area contributed by atoms with Gasteiger partial charge in [-0.1, -0.05) is 36.4 Å². The van der Waals surface area contributed by atoms with Crippen molar-refractivity contribution in [2.45, 2.75) is 6.42 Å². The molecule has 0 aliphatic carbocycles. The molecule has 5 heteroatoms. The first-order valence-electron chi connectivity index (χ1n) is 9.25. The van der Waals surface area contributed by atoms with Gasteiger partial charge in [0.1, 0.15) is 0 Å². The summed E-state index contributed by atoms with van der Waals surface area (Å²) in [5, 5.41) is 9.46. The fraction of sp³-hybridized carbons (Fsp3) is 0.125. The summed E-state index contributed by atoms with van der Waals surface area (Å²) >= 11 is 0. The largest absolute Gasteiger partial charge is 0.465 e. The molecule has 5 nitrogen and oxygen atoms in total. The zero-order valence-electron chi connectivity index (χ0n) is 15.9. The van der Waals surface area contributed by atoms with E-state index in [2.05, 4.69) is 6.07 Å². The van der Waals surface area contributed by atoms with Crippen molar-refractivity contribution < 1.29 is 14.3 Å². The van der Waals surface area contributed by atoms with Crippen LogP contribution in [0.25, 0.3) is 11.1 Å². The van der Waals surface area contributed by atoms with Gasteiger partial charge in [-0.15, -0.1) is 0 Å². The monoisotopic (exact) mass is 382 g/mol. The van der Waals surface area contributed by atoms with E-state index in [1.807, 2.05) is 36.4 Å². The fourth-order valence-electron chi connectivity index (χ4n) is 3.72. The van der Waals surface area contributed by atoms with E-state index in [-0.39, 0.29) is 5.91 Å². The molecule has 0 aromatic heterocycles. The lowest BCUT2D eigenvalue weighted by Crippen LogP contribution is -2.29. The van der Waals surface area contributed by atoms with Crippen molar-refractivity contribution in [1.29, 1.82) is 5.26 Å². The molecule has 0 fully saturated rings. The Kier molecular flexibility index (Phi) is 4.84. The number of carbonyl (C=O) groups is 2. The SMILES string of the molecule is COC(=O)c1ccc2c(c1)CCN2C(=O)c1ccccc1-c1ccccc1C#N. The number of fused-ring (bicyclic) bond motifs is 1. The Morgan fingerprint density at radius 2 is 1.72 bits per heavy atom. The van der Waals surface area contributed by atoms with Gasteiger partial charge in [0.25, 0.3) is 5.91 Å². The van der Waals surface area contributed by atoms with Crippen LogP contribution in [0.4, 0.5) is 5.69 Å². The average Bonchev–Trinajstić information content (AvgIpc) is 3.21. The van der Waals surface area contributed by atoms with Crippen LogP contribution in [0.15, 0.2) is 66.7 Å². The molecule has 0 bridgehead atoms. The smallest absolute Gasteiger partial charge is 0.337 e. The molecular formula is C24H18N2O3. The lowest BCUT2D eigenvalue weighted by atomic mass is 9.95. The maximum atomic E-state index is 13.4. The van der Waals surface area contributed by atoms with Gasteiger partial charge in [-0.05, 0) is 47.9 Å². The number of hydrogen-bond acceptors (Lipinski definition) is 4. The molecule has 0 saturated carbocycles. The molecule has 0 N–H and O–H groups in total. The standard InChI is InChI=1S/C24H18N2O3/c1-29-24(28)17-10-11-22-16(14-17)12-13-26(22)23(27)21-9-5-4-8-20(21)19-7-3-2-6-18(19)15-25/h2-11,14H,12-13H2,1H3. The topological polar surface area (TPSA) is 70.4 Å². The molecule has 1 heterocycles. The van der Waals surface area contributed by atoms with E-state index in [0.29, 0.717) is 29.7 Å². The molecule has 3 aromatic rings. The third-order valence-corrected chi connectivity index (χ3v) is 5.14. The Balaban J connectivity index is 1.74. The number of methoxy groups -OCH3 is 1. The Bertz CT molecular complexity index is 1160. The minimum atomic E-state index is -0.393. The van der Waals surface area contributed by atoms with Gasteiger partial charge >= 0.3 is 5.97 Å². The molecule has 1 aliphatic heterocycles. The van der Waals surface area contributed by atoms with Crippen LogP contribution in [0.3, 0.4) is 0 Å². The van der Waals surface area contributed by atoms with Gasteiger partial charge in [-0.2, -0.15) is 5.26 Å². The molecule has 142 valence electrons. The van der Waals surface area contributed by atoms with Crippen molar-refractivity contribution in [3.63, 3.8) is 0 Å². The first-order chi connectivity index (χ1) is 14.1. The molecule has 1 amide bonds. The van der Waals surface area contributed by atoms with Crippen LogP contribution in [0.5, 0.6) is 0 Å². The second kappa shape index (κ2) is 7.61. The Morgan fingerprint density at radius 1 is 1.00 bits per heavy atom. The number of nitrogens with zero attached hydrogens (tertiary/aromatic N) is 2. The molecule has 4 rings (SSSR count). The quantitative estimate of drug-likeness (QED) is 0.636. The first kappa shape index (κ1) is 18.5. The van der Waals surface area contributed by atoms with Crippen molar-refractivity contribution in [2.24, 2.45) is 0 Å². The Morgan fingerprint density at radius 3 is 2.48 bits per heavy atom. The number of hydrogen-bond donors (Lipinski definition) is 0. The highest BCUT2D eigenvalue weighted by atomic mass is 16.5. The minimum Gasteiger partial charge on any atom is -0.465 e. The molecular weight excluding hydrogens is 364 g/mol. The summed E-state index contributed by atoms with van der Waals surface area (Å²) in [4.78, 5) is 26.9. The zero-order valence-corrected chi connectivity index (χ0v) is 15.9. The summed E-state index contributed by atoms with van der Waals surface area (Å²) in [7, 11) is 1.35. The van der Waals surface area contributed by atoms with Crippen molar-refractivity contribution in [3.8, 4) is 17.2 Å². The lowest BCUT2D eigenvalue weighted by Gasteiger charge is -2.20. The van der Waals surface area contributed by atoms with Gasteiger partial charge in [-0.3, -0.25) is 4.79 Å². The van der Waals surface area contributed by atoms with Crippen LogP contribution in [0.1, 0.15) is 31.8 Å². The van der Waals surface area contributed by atoms with Crippen LogP contribution < -0.4 is 4.90 Å². The van der Waals surface area contributed by atoms with Gasteiger partial charge < -0.3 is 9.64 Å². The predicted octanol–water partition coefficient (Wildman–Crippen LogP) is 4.21. The van der Waals surface area contributed by atoms with E-state index >= 15 is 0 Å². The van der Waals surface area contributed by atoms with Gasteiger partial charge in [0.15, 0.2) is 0 Å². The highest BCUT2D eigenvalue weighted by molar-refractivity contribution is 6.11. The van der Waals surface area contributed by atoms with Gasteiger partial charge in [0, 0.05) is 23.4 Å². The summed E-state index contributed by atoms with van der Waals surface area (Å²) in [6, 6.07) is 22.0. The number of carbonyl (C=O) groups excluding carboxylic acids is 2. The van der Waals surface area contributed by atoms with Gasteiger partial charge in [-0.25, -0.2) is 4.79 Å². The molecule has 0 radical (unpaired) electrons. The molecule has 1 aliphatic rings. The molecule has 0 unspecified atom stereocenters. The number of nitriles is 1. The molecule has 3 aromatic carbocycles. The molecule has 0 atom stereocenters. The summed E-state index contributed by atoms with van der Waals surface area (Å²) in [5.74, 6) is -0.519. The van der Waals surface area contributed by atoms with E-state index in [1.54, 1.807) is 35.2 Å². The molecule has 0 saturated heterocycles. The van der Waals surface area contributed by atoms with E-state index in [0.717, 1.165) is 22.4 Å². The molecule has 0 spiro atoms. The number of ether oxygens (including phenoxy) is 1. The summed E-state index contributed by atoms with van der Waals surface area (Å²) in [5.41, 5.74) is 4.75. The van der Waals surface area contributed by atoms with E-state index in [9.17, 15) is 14.9 Å². The van der Waals surface area contributed by atoms with E-state index in [1.165, 1.54) is 7.11 Å².